The number of rotatable bonds is 28. The molecule has 0 spiro atoms. The van der Waals surface area contributed by atoms with Gasteiger partial charge in [-0.1, -0.05) is 182 Å². The highest BCUT2D eigenvalue weighted by Gasteiger charge is 2.28. The van der Waals surface area contributed by atoms with Gasteiger partial charge in [-0.05, 0) is 95.2 Å². The number of halogens is 3. The quantitative estimate of drug-likeness (QED) is 0.0512. The number of unbranched alkanes of at least 4 members (excludes halogenated alkanes) is 16. The Morgan fingerprint density at radius 2 is 1.27 bits per heavy atom. The zero-order valence-electron chi connectivity index (χ0n) is 34.3. The van der Waals surface area contributed by atoms with Crippen LogP contribution in [0.25, 0.3) is 11.1 Å². The molecule has 0 amide bonds. The highest BCUT2D eigenvalue weighted by Crippen LogP contribution is 2.43. The molecule has 1 atom stereocenters. The first-order valence-electron chi connectivity index (χ1n) is 22.2. The molecule has 0 fully saturated rings. The maximum Gasteiger partial charge on any atom is 0.389 e. The second kappa shape index (κ2) is 24.3. The minimum absolute atomic E-state index is 0.0966. The normalized spacial score (nSPS) is 12.8. The second-order valence-corrected chi connectivity index (χ2v) is 16.2. The Hall–Kier alpha value is -3.57. The monoisotopic (exact) mass is 768 g/mol. The third kappa shape index (κ3) is 14.7. The molecule has 56 heavy (non-hydrogen) atoms. The van der Waals surface area contributed by atoms with Crippen molar-refractivity contribution in [3.63, 3.8) is 0 Å². The molecule has 0 saturated carbocycles. The van der Waals surface area contributed by atoms with Crippen molar-refractivity contribution in [2.24, 2.45) is 0 Å². The lowest BCUT2D eigenvalue weighted by Crippen LogP contribution is -2.26. The lowest BCUT2D eigenvalue weighted by molar-refractivity contribution is -0.135. The van der Waals surface area contributed by atoms with E-state index in [2.05, 4.69) is 97.2 Å². The first-order chi connectivity index (χ1) is 27.4. The van der Waals surface area contributed by atoms with Crippen LogP contribution >= 0.6 is 0 Å². The summed E-state index contributed by atoms with van der Waals surface area (Å²) in [6.07, 6.45) is 19.2. The van der Waals surface area contributed by atoms with Crippen LogP contribution in [-0.4, -0.2) is 19.3 Å². The highest BCUT2D eigenvalue weighted by atomic mass is 19.4. The second-order valence-electron chi connectivity index (χ2n) is 16.2. The Morgan fingerprint density at radius 1 is 0.625 bits per heavy atom. The van der Waals surface area contributed by atoms with Crippen molar-refractivity contribution in [2.75, 3.05) is 13.2 Å². The van der Waals surface area contributed by atoms with Crippen LogP contribution in [0.5, 0.6) is 5.75 Å². The predicted molar refractivity (Wildman–Crippen MR) is 230 cm³/mol. The average molecular weight is 768 g/mol. The van der Waals surface area contributed by atoms with E-state index in [1.54, 1.807) is 0 Å². The number of alkyl halides is 3. The molecule has 0 heterocycles. The molecule has 5 rings (SSSR count). The lowest BCUT2D eigenvalue weighted by atomic mass is 9.87. The fourth-order valence-corrected chi connectivity index (χ4v) is 8.51. The summed E-state index contributed by atoms with van der Waals surface area (Å²) >= 11 is 0. The number of hydrogen-bond donors (Lipinski definition) is 1. The SMILES string of the molecule is CCCCCCCCCCCCCc1ccc(C(NCCc2cccc(OCCCCCCCCCC(F)(F)F)c2)c2ccccc2)c2c1-c1ccccc1C2. The molecule has 0 aliphatic heterocycles. The molecule has 1 aliphatic carbocycles. The Labute approximate surface area is 337 Å². The van der Waals surface area contributed by atoms with Gasteiger partial charge in [-0.3, -0.25) is 0 Å². The van der Waals surface area contributed by atoms with Crippen molar-refractivity contribution in [1.82, 2.24) is 5.32 Å². The summed E-state index contributed by atoms with van der Waals surface area (Å²) in [5.74, 6) is 0.901. The van der Waals surface area contributed by atoms with Crippen LogP contribution in [-0.2, 0) is 19.3 Å². The van der Waals surface area contributed by atoms with Crippen LogP contribution in [0.15, 0.2) is 91.0 Å². The molecule has 5 heteroatoms. The van der Waals surface area contributed by atoms with Gasteiger partial charge in [0.05, 0.1) is 12.6 Å². The van der Waals surface area contributed by atoms with Crippen molar-refractivity contribution in [1.29, 1.82) is 0 Å². The molecule has 2 nitrogen and oxygen atoms in total. The summed E-state index contributed by atoms with van der Waals surface area (Å²) in [5, 5.41) is 3.98. The highest BCUT2D eigenvalue weighted by molar-refractivity contribution is 5.81. The molecule has 1 unspecified atom stereocenters. The molecule has 0 aromatic heterocycles. The molecule has 4 aromatic carbocycles. The van der Waals surface area contributed by atoms with Crippen molar-refractivity contribution < 1.29 is 17.9 Å². The van der Waals surface area contributed by atoms with Gasteiger partial charge in [0, 0.05) is 13.0 Å². The Bertz CT molecular complexity index is 1680. The van der Waals surface area contributed by atoms with E-state index in [4.69, 9.17) is 4.74 Å². The van der Waals surface area contributed by atoms with Gasteiger partial charge in [0.15, 0.2) is 0 Å². The van der Waals surface area contributed by atoms with Gasteiger partial charge in [-0.25, -0.2) is 0 Å². The van der Waals surface area contributed by atoms with Gasteiger partial charge in [0.25, 0.3) is 0 Å². The summed E-state index contributed by atoms with van der Waals surface area (Å²) in [7, 11) is 0. The van der Waals surface area contributed by atoms with E-state index in [1.807, 2.05) is 6.07 Å². The molecule has 4 aromatic rings. The van der Waals surface area contributed by atoms with E-state index < -0.39 is 12.6 Å². The topological polar surface area (TPSA) is 21.3 Å². The van der Waals surface area contributed by atoms with E-state index in [-0.39, 0.29) is 12.5 Å². The molecule has 1 N–H and O–H groups in total. The summed E-state index contributed by atoms with van der Waals surface area (Å²) in [6.45, 7) is 3.79. The third-order valence-electron chi connectivity index (χ3n) is 11.6. The minimum atomic E-state index is -4.03. The van der Waals surface area contributed by atoms with Crippen LogP contribution in [0, 0.1) is 0 Å². The zero-order chi connectivity index (χ0) is 39.3. The van der Waals surface area contributed by atoms with E-state index in [1.165, 1.54) is 115 Å². The number of ether oxygens (including phenoxy) is 1. The van der Waals surface area contributed by atoms with Gasteiger partial charge < -0.3 is 10.1 Å². The minimum Gasteiger partial charge on any atom is -0.494 e. The van der Waals surface area contributed by atoms with Crippen LogP contribution in [0.4, 0.5) is 13.2 Å². The van der Waals surface area contributed by atoms with E-state index in [9.17, 15) is 13.2 Å². The van der Waals surface area contributed by atoms with Crippen LogP contribution in [0.3, 0.4) is 0 Å². The predicted octanol–water partition coefficient (Wildman–Crippen LogP) is 15.1. The molecular weight excluding hydrogens is 700 g/mol. The Balaban J connectivity index is 1.13. The van der Waals surface area contributed by atoms with E-state index in [0.29, 0.717) is 13.0 Å². The first kappa shape index (κ1) is 43.6. The van der Waals surface area contributed by atoms with Crippen LogP contribution in [0.2, 0.25) is 0 Å². The number of benzene rings is 4. The molecule has 304 valence electrons. The van der Waals surface area contributed by atoms with Crippen molar-refractivity contribution in [3.8, 4) is 16.9 Å². The zero-order valence-corrected chi connectivity index (χ0v) is 34.3. The van der Waals surface area contributed by atoms with E-state index >= 15 is 0 Å². The summed E-state index contributed by atoms with van der Waals surface area (Å²) < 4.78 is 43.1. The maximum atomic E-state index is 12.3. The van der Waals surface area contributed by atoms with Crippen molar-refractivity contribution >= 4 is 0 Å². The van der Waals surface area contributed by atoms with Crippen LogP contribution in [0.1, 0.15) is 168 Å². The number of aryl methyl sites for hydroxylation is 1. The average Bonchev–Trinajstić information content (AvgIpc) is 3.60. The molecule has 0 bridgehead atoms. The summed E-state index contributed by atoms with van der Waals surface area (Å²) in [6, 6.07) is 33.4. The Morgan fingerprint density at radius 3 is 1.98 bits per heavy atom. The first-order valence-corrected chi connectivity index (χ1v) is 22.2. The largest absolute Gasteiger partial charge is 0.494 e. The number of nitrogens with one attached hydrogen (secondary N) is 1. The van der Waals surface area contributed by atoms with Gasteiger partial charge in [-0.15, -0.1) is 0 Å². The van der Waals surface area contributed by atoms with Crippen LogP contribution < -0.4 is 10.1 Å². The fourth-order valence-electron chi connectivity index (χ4n) is 8.51. The van der Waals surface area contributed by atoms with Gasteiger partial charge in [-0.2, -0.15) is 13.2 Å². The lowest BCUT2D eigenvalue weighted by Gasteiger charge is -2.24. The summed E-state index contributed by atoms with van der Waals surface area (Å²) in [4.78, 5) is 0. The van der Waals surface area contributed by atoms with Gasteiger partial charge in [0.1, 0.15) is 5.75 Å². The molecule has 0 saturated heterocycles. The van der Waals surface area contributed by atoms with Crippen molar-refractivity contribution in [2.45, 2.75) is 160 Å². The molecule has 0 radical (unpaired) electrons. The van der Waals surface area contributed by atoms with E-state index in [0.717, 1.165) is 63.7 Å². The smallest absolute Gasteiger partial charge is 0.389 e. The molecule has 1 aliphatic rings. The standard InChI is InChI=1S/C51H68F3NO/c1-2-3-4-5-6-7-8-9-11-14-18-27-42-33-34-47(48-40-44-30-21-22-32-46(44)49(42)48)50(43-28-19-17-20-29-43)55-37-35-41-26-25-31-45(39-41)56-38-24-16-13-10-12-15-23-36-51(52,53)54/h17,19-22,25-26,28-34,39,50,55H,2-16,18,23-24,27,35-38,40H2,1H3. The Kier molecular flexibility index (Phi) is 18.9. The van der Waals surface area contributed by atoms with Gasteiger partial charge in [0.2, 0.25) is 0 Å². The number of hydrogen-bond acceptors (Lipinski definition) is 2. The summed E-state index contributed by atoms with van der Waals surface area (Å²) in [5.41, 5.74) is 11.3. The molecular formula is C51H68F3NO. The van der Waals surface area contributed by atoms with Crippen molar-refractivity contribution in [3.05, 3.63) is 124 Å². The maximum absolute atomic E-state index is 12.3. The third-order valence-corrected chi connectivity index (χ3v) is 11.6. The fraction of sp³-hybridized carbons (Fsp3) is 0.529. The van der Waals surface area contributed by atoms with Gasteiger partial charge >= 0.3 is 6.18 Å². The number of fused-ring (bicyclic) bond motifs is 3.